The van der Waals surface area contributed by atoms with Crippen molar-refractivity contribution in [1.29, 1.82) is 0 Å². The van der Waals surface area contributed by atoms with Crippen LogP contribution in [0.2, 0.25) is 0 Å². The van der Waals surface area contributed by atoms with Crippen LogP contribution in [-0.2, 0) is 17.5 Å². The Balaban J connectivity index is 1.68. The number of carbonyl (C=O) groups is 1. The van der Waals surface area contributed by atoms with Crippen LogP contribution in [0.1, 0.15) is 21.6 Å². The summed E-state index contributed by atoms with van der Waals surface area (Å²) in [4.78, 5) is 41.2. The number of rotatable bonds is 7. The topological polar surface area (TPSA) is 98.5 Å². The number of carbonyl (C=O) groups excluding carboxylic acids is 1. The van der Waals surface area contributed by atoms with Gasteiger partial charge in [-0.25, -0.2) is 9.18 Å². The van der Waals surface area contributed by atoms with Crippen LogP contribution in [0, 0.1) is 5.82 Å². The van der Waals surface area contributed by atoms with Gasteiger partial charge in [0, 0.05) is 26.2 Å². The van der Waals surface area contributed by atoms with Gasteiger partial charge in [0.2, 0.25) is 5.69 Å². The fraction of sp³-hybridized carbons (Fsp3) is 0.333. The van der Waals surface area contributed by atoms with E-state index in [1.54, 1.807) is 0 Å². The highest BCUT2D eigenvalue weighted by atomic mass is 19.4. The van der Waals surface area contributed by atoms with Gasteiger partial charge in [0.1, 0.15) is 11.5 Å². The summed E-state index contributed by atoms with van der Waals surface area (Å²) < 4.78 is 59.7. The zero-order valence-electron chi connectivity index (χ0n) is 19.5. The van der Waals surface area contributed by atoms with Crippen molar-refractivity contribution in [3.63, 3.8) is 0 Å². The number of nitrogens with one attached hydrogen (secondary N) is 1. The first-order valence-electron chi connectivity index (χ1n) is 11.4. The number of benzene rings is 2. The van der Waals surface area contributed by atoms with Gasteiger partial charge in [-0.05, 0) is 29.8 Å². The molecule has 2 heterocycles. The Hall–Kier alpha value is -3.84. The third-order valence-corrected chi connectivity index (χ3v) is 5.79. The van der Waals surface area contributed by atoms with Crippen molar-refractivity contribution < 1.29 is 27.1 Å². The van der Waals surface area contributed by atoms with E-state index in [9.17, 15) is 31.9 Å². The molecular formula is C24H23F4N5O4. The number of halogens is 4. The van der Waals surface area contributed by atoms with Crippen molar-refractivity contribution in [3.8, 4) is 5.69 Å². The maximum absolute atomic E-state index is 14.5. The molecule has 196 valence electrons. The highest BCUT2D eigenvalue weighted by Gasteiger charge is 2.30. The van der Waals surface area contributed by atoms with Crippen molar-refractivity contribution in [2.24, 2.45) is 0 Å². The van der Waals surface area contributed by atoms with E-state index in [4.69, 9.17) is 4.74 Å². The molecule has 1 amide bonds. The molecule has 3 aromatic rings. The van der Waals surface area contributed by atoms with E-state index in [0.717, 1.165) is 30.3 Å². The maximum Gasteiger partial charge on any atom is 0.416 e. The fourth-order valence-corrected chi connectivity index (χ4v) is 3.79. The third-order valence-electron chi connectivity index (χ3n) is 5.79. The van der Waals surface area contributed by atoms with E-state index in [0.29, 0.717) is 42.1 Å². The van der Waals surface area contributed by atoms with E-state index in [2.05, 4.69) is 15.3 Å². The summed E-state index contributed by atoms with van der Waals surface area (Å²) in [6.07, 6.45) is -4.56. The van der Waals surface area contributed by atoms with Gasteiger partial charge in [-0.2, -0.15) is 23.0 Å². The Morgan fingerprint density at radius 3 is 2.35 bits per heavy atom. The van der Waals surface area contributed by atoms with Gasteiger partial charge in [0.05, 0.1) is 25.3 Å². The summed E-state index contributed by atoms with van der Waals surface area (Å²) >= 11 is 0. The summed E-state index contributed by atoms with van der Waals surface area (Å²) in [5.74, 6) is -1.69. The van der Waals surface area contributed by atoms with Crippen LogP contribution < -0.4 is 16.6 Å². The summed E-state index contributed by atoms with van der Waals surface area (Å²) in [5.41, 5.74) is -3.77. The Bertz CT molecular complexity index is 1380. The van der Waals surface area contributed by atoms with Crippen LogP contribution >= 0.6 is 0 Å². The zero-order chi connectivity index (χ0) is 26.6. The standard InChI is InChI=1S/C24H23F4N5O4/c25-18-3-1-2-4-19(18)33-23(36)32(15-16-5-7-17(8-6-16)24(26,27)28)22(35)20(30-33)21(34)29-9-10-31-11-13-37-14-12-31/h1-8H,9-15H2,(H,29,34). The van der Waals surface area contributed by atoms with Crippen LogP contribution in [-0.4, -0.2) is 64.5 Å². The molecule has 0 spiro atoms. The molecule has 1 fully saturated rings. The minimum absolute atomic E-state index is 0.178. The van der Waals surface area contributed by atoms with Crippen molar-refractivity contribution in [3.05, 3.63) is 92.0 Å². The van der Waals surface area contributed by atoms with Crippen molar-refractivity contribution in [2.45, 2.75) is 12.7 Å². The predicted molar refractivity (Wildman–Crippen MR) is 124 cm³/mol. The van der Waals surface area contributed by atoms with Gasteiger partial charge in [-0.15, -0.1) is 0 Å². The molecule has 9 nitrogen and oxygen atoms in total. The molecule has 0 unspecified atom stereocenters. The van der Waals surface area contributed by atoms with E-state index in [1.807, 2.05) is 0 Å². The first kappa shape index (κ1) is 26.2. The molecule has 0 radical (unpaired) electrons. The van der Waals surface area contributed by atoms with E-state index in [1.165, 1.54) is 18.2 Å². The number of hydrogen-bond acceptors (Lipinski definition) is 6. The Kier molecular flexibility index (Phi) is 7.83. The Morgan fingerprint density at radius 2 is 1.70 bits per heavy atom. The normalized spacial score (nSPS) is 14.5. The van der Waals surface area contributed by atoms with E-state index in [-0.39, 0.29) is 17.8 Å². The SMILES string of the molecule is O=C(NCCN1CCOCC1)c1nn(-c2ccccc2F)c(=O)n(Cc2ccc(C(F)(F)F)cc2)c1=O. The summed E-state index contributed by atoms with van der Waals surface area (Å²) in [6.45, 7) is 2.72. The van der Waals surface area contributed by atoms with Crippen molar-refractivity contribution in [1.82, 2.24) is 24.6 Å². The summed E-state index contributed by atoms with van der Waals surface area (Å²) in [5, 5.41) is 6.44. The molecule has 13 heteroatoms. The van der Waals surface area contributed by atoms with Gasteiger partial charge in [0.25, 0.3) is 11.5 Å². The van der Waals surface area contributed by atoms with Crippen LogP contribution in [0.4, 0.5) is 17.6 Å². The van der Waals surface area contributed by atoms with Gasteiger partial charge in [-0.1, -0.05) is 24.3 Å². The molecule has 1 aliphatic rings. The Labute approximate surface area is 207 Å². The molecule has 37 heavy (non-hydrogen) atoms. The number of ether oxygens (including phenoxy) is 1. The molecular weight excluding hydrogens is 498 g/mol. The number of hydrogen-bond donors (Lipinski definition) is 1. The largest absolute Gasteiger partial charge is 0.416 e. The lowest BCUT2D eigenvalue weighted by atomic mass is 10.1. The zero-order valence-corrected chi connectivity index (χ0v) is 19.5. The molecule has 1 N–H and O–H groups in total. The monoisotopic (exact) mass is 521 g/mol. The molecule has 0 aliphatic carbocycles. The highest BCUT2D eigenvalue weighted by molar-refractivity contribution is 5.91. The first-order valence-corrected chi connectivity index (χ1v) is 11.4. The highest BCUT2D eigenvalue weighted by Crippen LogP contribution is 2.29. The lowest BCUT2D eigenvalue weighted by molar-refractivity contribution is -0.137. The molecule has 4 rings (SSSR count). The van der Waals surface area contributed by atoms with Crippen LogP contribution in [0.25, 0.3) is 5.69 Å². The fourth-order valence-electron chi connectivity index (χ4n) is 3.79. The summed E-state index contributed by atoms with van der Waals surface area (Å²) in [6, 6.07) is 9.02. The molecule has 1 aliphatic heterocycles. The smallest absolute Gasteiger partial charge is 0.379 e. The number of morpholine rings is 1. The molecule has 0 atom stereocenters. The average Bonchev–Trinajstić information content (AvgIpc) is 2.87. The van der Waals surface area contributed by atoms with Crippen LogP contribution in [0.15, 0.2) is 58.1 Å². The number of nitrogens with zero attached hydrogens (tertiary/aromatic N) is 4. The molecule has 0 saturated carbocycles. The van der Waals surface area contributed by atoms with Crippen molar-refractivity contribution >= 4 is 5.91 Å². The number of para-hydroxylation sites is 1. The summed E-state index contributed by atoms with van der Waals surface area (Å²) in [7, 11) is 0. The number of aromatic nitrogens is 3. The van der Waals surface area contributed by atoms with Gasteiger partial charge in [-0.3, -0.25) is 19.1 Å². The lowest BCUT2D eigenvalue weighted by Gasteiger charge is -2.26. The van der Waals surface area contributed by atoms with Crippen molar-refractivity contribution in [2.75, 3.05) is 39.4 Å². The lowest BCUT2D eigenvalue weighted by Crippen LogP contribution is -2.47. The second-order valence-electron chi connectivity index (χ2n) is 8.29. The second-order valence-corrected chi connectivity index (χ2v) is 8.29. The van der Waals surface area contributed by atoms with Gasteiger partial charge >= 0.3 is 11.9 Å². The molecule has 1 saturated heterocycles. The second kappa shape index (κ2) is 11.0. The van der Waals surface area contributed by atoms with Crippen LogP contribution in [0.5, 0.6) is 0 Å². The Morgan fingerprint density at radius 1 is 1.03 bits per heavy atom. The number of amides is 1. The quantitative estimate of drug-likeness (QED) is 0.475. The molecule has 1 aromatic heterocycles. The van der Waals surface area contributed by atoms with E-state index < -0.39 is 47.0 Å². The van der Waals surface area contributed by atoms with E-state index >= 15 is 0 Å². The molecule has 2 aromatic carbocycles. The van der Waals surface area contributed by atoms with Gasteiger partial charge in [0.15, 0.2) is 0 Å². The average molecular weight is 521 g/mol. The first-order chi connectivity index (χ1) is 17.6. The predicted octanol–water partition coefficient (Wildman–Crippen LogP) is 1.66. The minimum Gasteiger partial charge on any atom is -0.379 e. The third kappa shape index (κ3) is 6.12. The maximum atomic E-state index is 14.5. The van der Waals surface area contributed by atoms with Gasteiger partial charge < -0.3 is 10.1 Å². The van der Waals surface area contributed by atoms with Crippen LogP contribution in [0.3, 0.4) is 0 Å². The molecule has 0 bridgehead atoms. The minimum atomic E-state index is -4.56. The number of alkyl halides is 3.